The summed E-state index contributed by atoms with van der Waals surface area (Å²) in [4.78, 5) is 4.68. The lowest BCUT2D eigenvalue weighted by Gasteiger charge is -2.26. The van der Waals surface area contributed by atoms with E-state index in [2.05, 4.69) is 36.0 Å². The fourth-order valence-electron chi connectivity index (χ4n) is 3.79. The van der Waals surface area contributed by atoms with Gasteiger partial charge < -0.3 is 19.3 Å². The third kappa shape index (κ3) is 7.62. The van der Waals surface area contributed by atoms with Crippen LogP contribution in [0.25, 0.3) is 0 Å². The van der Waals surface area contributed by atoms with E-state index in [1.807, 2.05) is 12.1 Å². The second-order valence-corrected chi connectivity index (χ2v) is 8.33. The van der Waals surface area contributed by atoms with Crippen LogP contribution in [0.4, 0.5) is 4.39 Å². The first-order valence-electron chi connectivity index (χ1n) is 11.1. The summed E-state index contributed by atoms with van der Waals surface area (Å²) in [6.07, 6.45) is 5.85. The summed E-state index contributed by atoms with van der Waals surface area (Å²) < 4.78 is 25.3. The zero-order valence-electron chi connectivity index (χ0n) is 18.4. The van der Waals surface area contributed by atoms with Crippen LogP contribution in [0.15, 0.2) is 48.5 Å². The quantitative estimate of drug-likeness (QED) is 0.475. The Morgan fingerprint density at radius 1 is 0.933 bits per heavy atom. The molecule has 0 spiro atoms. The molecule has 0 aromatic heterocycles. The molecule has 0 N–H and O–H groups in total. The zero-order chi connectivity index (χ0) is 21.2. The largest absolute Gasteiger partial charge is 0.494 e. The van der Waals surface area contributed by atoms with E-state index in [0.717, 1.165) is 43.9 Å². The molecule has 1 saturated heterocycles. The molecule has 0 radical (unpaired) electrons. The summed E-state index contributed by atoms with van der Waals surface area (Å²) in [6, 6.07) is 14.4. The maximum absolute atomic E-state index is 13.2. The van der Waals surface area contributed by atoms with Gasteiger partial charge in [0.15, 0.2) is 0 Å². The van der Waals surface area contributed by atoms with E-state index in [4.69, 9.17) is 9.47 Å². The molecule has 0 bridgehead atoms. The van der Waals surface area contributed by atoms with Gasteiger partial charge in [-0.25, -0.2) is 4.39 Å². The molecule has 4 nitrogen and oxygen atoms in total. The molecule has 1 aliphatic heterocycles. The number of hydrogen-bond donors (Lipinski definition) is 0. The van der Waals surface area contributed by atoms with E-state index in [0.29, 0.717) is 5.75 Å². The van der Waals surface area contributed by atoms with Gasteiger partial charge in [-0.2, -0.15) is 0 Å². The maximum atomic E-state index is 13.2. The van der Waals surface area contributed by atoms with Gasteiger partial charge in [0.25, 0.3) is 0 Å². The molecule has 164 valence electrons. The minimum absolute atomic E-state index is 0.0917. The second kappa shape index (κ2) is 11.9. The Kier molecular flexibility index (Phi) is 8.97. The normalized spacial score (nSPS) is 15.9. The lowest BCUT2D eigenvalue weighted by molar-refractivity contribution is 0.179. The number of ether oxygens (including phenoxy) is 2. The second-order valence-electron chi connectivity index (χ2n) is 8.33. The number of hydrogen-bond acceptors (Lipinski definition) is 4. The van der Waals surface area contributed by atoms with Crippen LogP contribution in [0.2, 0.25) is 0 Å². The first-order valence-corrected chi connectivity index (χ1v) is 11.1. The standard InChI is InChI=1S/C25H35FN2O2/c1-27(2)19-15-25(30-24-13-9-22(26)10-14-24)21-7-11-23(12-8-21)29-20-6-18-28-16-4-3-5-17-28/h7-14,25H,3-6,15-20H2,1-2H3. The van der Waals surface area contributed by atoms with Gasteiger partial charge in [0.05, 0.1) is 6.61 Å². The Bertz CT molecular complexity index is 728. The summed E-state index contributed by atoms with van der Waals surface area (Å²) in [5, 5.41) is 0. The van der Waals surface area contributed by atoms with Crippen LogP contribution >= 0.6 is 0 Å². The predicted octanol–water partition coefficient (Wildman–Crippen LogP) is 5.15. The molecule has 0 amide bonds. The third-order valence-electron chi connectivity index (χ3n) is 5.52. The Morgan fingerprint density at radius 3 is 2.27 bits per heavy atom. The van der Waals surface area contributed by atoms with Gasteiger partial charge in [-0.05, 0) is 88.4 Å². The molecule has 0 saturated carbocycles. The Balaban J connectivity index is 1.52. The molecular weight excluding hydrogens is 379 g/mol. The van der Waals surface area contributed by atoms with Crippen molar-refractivity contribution in [2.75, 3.05) is 46.9 Å². The van der Waals surface area contributed by atoms with E-state index < -0.39 is 0 Å². The smallest absolute Gasteiger partial charge is 0.125 e. The van der Waals surface area contributed by atoms with Crippen molar-refractivity contribution in [3.63, 3.8) is 0 Å². The van der Waals surface area contributed by atoms with Crippen LogP contribution < -0.4 is 9.47 Å². The Morgan fingerprint density at radius 2 is 1.60 bits per heavy atom. The van der Waals surface area contributed by atoms with Gasteiger partial charge in [0.1, 0.15) is 23.4 Å². The summed E-state index contributed by atoms with van der Waals surface area (Å²) in [5.41, 5.74) is 1.10. The molecule has 1 heterocycles. The van der Waals surface area contributed by atoms with E-state index in [1.165, 1.54) is 44.5 Å². The van der Waals surface area contributed by atoms with Gasteiger partial charge >= 0.3 is 0 Å². The number of nitrogens with zero attached hydrogens (tertiary/aromatic N) is 2. The number of halogens is 1. The number of rotatable bonds is 11. The monoisotopic (exact) mass is 414 g/mol. The Labute approximate surface area is 180 Å². The SMILES string of the molecule is CN(C)CCC(Oc1ccc(F)cc1)c1ccc(OCCCN2CCCCC2)cc1. The van der Waals surface area contributed by atoms with Gasteiger partial charge in [-0.3, -0.25) is 0 Å². The van der Waals surface area contributed by atoms with Crippen LogP contribution in [0, 0.1) is 5.82 Å². The Hall–Kier alpha value is -2.11. The van der Waals surface area contributed by atoms with E-state index in [9.17, 15) is 4.39 Å². The molecule has 1 fully saturated rings. The highest BCUT2D eigenvalue weighted by Gasteiger charge is 2.15. The molecule has 5 heteroatoms. The molecule has 2 aromatic carbocycles. The highest BCUT2D eigenvalue weighted by atomic mass is 19.1. The first-order chi connectivity index (χ1) is 14.6. The van der Waals surface area contributed by atoms with Crippen molar-refractivity contribution in [3.05, 3.63) is 59.9 Å². The fourth-order valence-corrected chi connectivity index (χ4v) is 3.79. The molecule has 3 rings (SSSR count). The number of benzene rings is 2. The average Bonchev–Trinajstić information content (AvgIpc) is 2.77. The molecule has 1 aliphatic rings. The van der Waals surface area contributed by atoms with Crippen molar-refractivity contribution in [1.82, 2.24) is 9.80 Å². The molecule has 1 unspecified atom stereocenters. The van der Waals surface area contributed by atoms with Crippen molar-refractivity contribution in [2.45, 2.75) is 38.2 Å². The highest BCUT2D eigenvalue weighted by molar-refractivity contribution is 5.30. The average molecular weight is 415 g/mol. The summed E-state index contributed by atoms with van der Waals surface area (Å²) in [7, 11) is 4.10. The summed E-state index contributed by atoms with van der Waals surface area (Å²) in [5.74, 6) is 1.32. The molecular formula is C25H35FN2O2. The van der Waals surface area contributed by atoms with Gasteiger partial charge in [-0.1, -0.05) is 18.6 Å². The van der Waals surface area contributed by atoms with Crippen molar-refractivity contribution in [3.8, 4) is 11.5 Å². The third-order valence-corrected chi connectivity index (χ3v) is 5.52. The zero-order valence-corrected chi connectivity index (χ0v) is 18.4. The maximum Gasteiger partial charge on any atom is 0.125 e. The number of piperidine rings is 1. The highest BCUT2D eigenvalue weighted by Crippen LogP contribution is 2.27. The van der Waals surface area contributed by atoms with Crippen LogP contribution in [0.3, 0.4) is 0 Å². The summed E-state index contributed by atoms with van der Waals surface area (Å²) >= 11 is 0. The molecule has 1 atom stereocenters. The van der Waals surface area contributed by atoms with Crippen molar-refractivity contribution >= 4 is 0 Å². The van der Waals surface area contributed by atoms with Gasteiger partial charge in [0.2, 0.25) is 0 Å². The topological polar surface area (TPSA) is 24.9 Å². The first kappa shape index (κ1) is 22.6. The lowest BCUT2D eigenvalue weighted by Crippen LogP contribution is -2.31. The fraction of sp³-hybridized carbons (Fsp3) is 0.520. The van der Waals surface area contributed by atoms with Gasteiger partial charge in [-0.15, -0.1) is 0 Å². The van der Waals surface area contributed by atoms with Crippen LogP contribution in [-0.2, 0) is 0 Å². The predicted molar refractivity (Wildman–Crippen MR) is 120 cm³/mol. The van der Waals surface area contributed by atoms with E-state index in [1.54, 1.807) is 12.1 Å². The van der Waals surface area contributed by atoms with Crippen molar-refractivity contribution in [2.24, 2.45) is 0 Å². The van der Waals surface area contributed by atoms with Crippen LogP contribution in [0.1, 0.15) is 43.8 Å². The molecule has 0 aliphatic carbocycles. The summed E-state index contributed by atoms with van der Waals surface area (Å²) in [6.45, 7) is 5.23. The van der Waals surface area contributed by atoms with E-state index in [-0.39, 0.29) is 11.9 Å². The van der Waals surface area contributed by atoms with Crippen LogP contribution in [-0.4, -0.2) is 56.7 Å². The minimum atomic E-state index is -0.256. The van der Waals surface area contributed by atoms with Gasteiger partial charge in [0, 0.05) is 19.5 Å². The molecule has 2 aromatic rings. The number of likely N-dealkylation sites (tertiary alicyclic amines) is 1. The van der Waals surface area contributed by atoms with Crippen molar-refractivity contribution < 1.29 is 13.9 Å². The lowest BCUT2D eigenvalue weighted by atomic mass is 10.1. The van der Waals surface area contributed by atoms with Crippen molar-refractivity contribution in [1.29, 1.82) is 0 Å². The van der Waals surface area contributed by atoms with Crippen LogP contribution in [0.5, 0.6) is 11.5 Å². The molecule has 30 heavy (non-hydrogen) atoms. The van der Waals surface area contributed by atoms with E-state index >= 15 is 0 Å². The minimum Gasteiger partial charge on any atom is -0.494 e.